The summed E-state index contributed by atoms with van der Waals surface area (Å²) < 4.78 is 53.2. The van der Waals surface area contributed by atoms with Crippen LogP contribution >= 0.6 is 23.5 Å². The quantitative estimate of drug-likeness (QED) is 0.121. The van der Waals surface area contributed by atoms with E-state index in [-0.39, 0.29) is 11.3 Å². The van der Waals surface area contributed by atoms with Crippen LogP contribution < -0.4 is 11.2 Å². The Morgan fingerprint density at radius 2 is 1.63 bits per heavy atom. The molecule has 224 valence electrons. The number of benzene rings is 1. The molecule has 1 aliphatic rings. The summed E-state index contributed by atoms with van der Waals surface area (Å²) in [6.07, 6.45) is -4.66. The fourth-order valence-electron chi connectivity index (χ4n) is 3.69. The molecule has 23 heteroatoms. The van der Waals surface area contributed by atoms with Crippen molar-refractivity contribution in [3.8, 4) is 11.3 Å². The van der Waals surface area contributed by atoms with Gasteiger partial charge in [-0.05, 0) is 5.56 Å². The Labute approximate surface area is 227 Å². The van der Waals surface area contributed by atoms with Crippen LogP contribution in [0.3, 0.4) is 0 Å². The Morgan fingerprint density at radius 3 is 2.29 bits per heavy atom. The molecular weight excluding hydrogens is 619 g/mol. The molecule has 3 heterocycles. The zero-order chi connectivity index (χ0) is 30.2. The molecule has 3 aromatic rings. The number of aliphatic hydroxyl groups excluding tert-OH is 2. The second-order valence-corrected chi connectivity index (χ2v) is 12.8. The molecule has 1 saturated heterocycles. The van der Waals surface area contributed by atoms with Gasteiger partial charge >= 0.3 is 29.2 Å². The van der Waals surface area contributed by atoms with Gasteiger partial charge in [-0.3, -0.25) is 18.9 Å². The van der Waals surface area contributed by atoms with Crippen LogP contribution in [0.25, 0.3) is 11.3 Å². The lowest BCUT2D eigenvalue weighted by atomic mass is 10.1. The van der Waals surface area contributed by atoms with Crippen molar-refractivity contribution in [3.05, 3.63) is 69.1 Å². The van der Waals surface area contributed by atoms with Gasteiger partial charge in [-0.1, -0.05) is 35.5 Å². The first kappa shape index (κ1) is 31.3. The zero-order valence-electron chi connectivity index (χ0n) is 20.3. The number of phosphoric acid groups is 3. The molecule has 1 aromatic carbocycles. The number of aromatic amines is 1. The lowest BCUT2D eigenvalue weighted by molar-refractivity contribution is -0.0541. The van der Waals surface area contributed by atoms with Gasteiger partial charge in [0.15, 0.2) is 6.23 Å². The van der Waals surface area contributed by atoms with E-state index < -0.39 is 65.9 Å². The summed E-state index contributed by atoms with van der Waals surface area (Å²) >= 11 is 0. The lowest BCUT2D eigenvalue weighted by Gasteiger charge is -2.19. The maximum Gasteiger partial charge on any atom is 0.490 e. The number of aliphatic hydroxyl groups is 2. The molecule has 3 unspecified atom stereocenters. The normalized spacial score (nSPS) is 24.1. The number of nitrogens with one attached hydrogen (secondary N) is 1. The average molecular weight is 641 g/mol. The summed E-state index contributed by atoms with van der Waals surface area (Å²) in [5.74, 6) is 0. The minimum absolute atomic E-state index is 0.0492. The number of nitrogens with zero attached hydrogens (tertiary/aromatic N) is 4. The maximum atomic E-state index is 12.5. The summed E-state index contributed by atoms with van der Waals surface area (Å²) in [5, 5.41) is 28.7. The van der Waals surface area contributed by atoms with Gasteiger partial charge in [0.1, 0.15) is 24.0 Å². The van der Waals surface area contributed by atoms with Gasteiger partial charge in [0.05, 0.1) is 24.9 Å². The molecular formula is C18H22N5O15P3. The molecule has 0 radical (unpaired) electrons. The third-order valence-electron chi connectivity index (χ3n) is 5.40. The van der Waals surface area contributed by atoms with Crippen molar-refractivity contribution in [1.29, 1.82) is 0 Å². The van der Waals surface area contributed by atoms with E-state index >= 15 is 0 Å². The predicted octanol–water partition coefficient (Wildman–Crippen LogP) is -1.19. The monoisotopic (exact) mass is 641 g/mol. The number of H-pyrrole nitrogens is 1. The molecule has 4 rings (SSSR count). The van der Waals surface area contributed by atoms with Gasteiger partial charge in [-0.2, -0.15) is 8.62 Å². The van der Waals surface area contributed by atoms with Gasteiger partial charge in [-0.15, -0.1) is 5.10 Å². The van der Waals surface area contributed by atoms with Crippen LogP contribution in [0.1, 0.15) is 11.8 Å². The number of phosphoric ester groups is 1. The molecule has 1 aliphatic heterocycles. The standard InChI is InChI=1S/C18H22N5O15P3/c24-14-13(9-35-40(31,32)38-41(33,34)37-39(28,29)30)36-17(15(14)25)23-7-11(16(26)19-18(23)27)12-8-22(21-20-12)6-10-4-2-1-3-5-10/h1-5,7-8,13-15,17,24-25H,6,9H2,(H,31,32)(H,33,34)(H,19,26,27)(H2,28,29,30)/t13-,14?,15+,17-/m1/s1. The SMILES string of the molecule is O=c1[nH]c(=O)n([C@@H]2O[C@H](COP(=O)(O)OP(=O)(O)OP(=O)(O)O)C(O)[C@@H]2O)cc1-c1cn(Cc2ccccc2)nn1. The molecule has 41 heavy (non-hydrogen) atoms. The van der Waals surface area contributed by atoms with Crippen LogP contribution in [0.15, 0.2) is 52.3 Å². The van der Waals surface area contributed by atoms with Crippen LogP contribution in [0.5, 0.6) is 0 Å². The van der Waals surface area contributed by atoms with Crippen molar-refractivity contribution in [2.45, 2.75) is 31.1 Å². The smallest absolute Gasteiger partial charge is 0.387 e. The first-order valence-corrected chi connectivity index (χ1v) is 15.7. The highest BCUT2D eigenvalue weighted by atomic mass is 31.3. The highest BCUT2D eigenvalue weighted by Gasteiger charge is 2.47. The van der Waals surface area contributed by atoms with Crippen LogP contribution in [0.4, 0.5) is 0 Å². The van der Waals surface area contributed by atoms with E-state index in [1.165, 1.54) is 10.9 Å². The van der Waals surface area contributed by atoms with E-state index in [4.69, 9.17) is 14.5 Å². The van der Waals surface area contributed by atoms with Gasteiger partial charge < -0.3 is 34.5 Å². The van der Waals surface area contributed by atoms with E-state index in [0.29, 0.717) is 11.1 Å². The Balaban J connectivity index is 1.49. The Kier molecular flexibility index (Phi) is 9.08. The van der Waals surface area contributed by atoms with E-state index in [1.54, 1.807) is 0 Å². The van der Waals surface area contributed by atoms with Crippen molar-refractivity contribution in [2.75, 3.05) is 6.61 Å². The molecule has 0 saturated carbocycles. The van der Waals surface area contributed by atoms with E-state index in [0.717, 1.165) is 11.8 Å². The maximum absolute atomic E-state index is 12.5. The van der Waals surface area contributed by atoms with Crippen molar-refractivity contribution >= 4 is 23.5 Å². The summed E-state index contributed by atoms with van der Waals surface area (Å²) in [6, 6.07) is 9.18. The molecule has 0 bridgehead atoms. The third-order valence-corrected chi connectivity index (χ3v) is 9.20. The molecule has 20 nitrogen and oxygen atoms in total. The van der Waals surface area contributed by atoms with Gasteiger partial charge in [-0.25, -0.2) is 23.2 Å². The molecule has 0 aliphatic carbocycles. The number of hydrogen-bond acceptors (Lipinski definition) is 13. The number of rotatable bonds is 11. The summed E-state index contributed by atoms with van der Waals surface area (Å²) in [6.45, 7) is -0.781. The summed E-state index contributed by atoms with van der Waals surface area (Å²) in [4.78, 5) is 63.0. The van der Waals surface area contributed by atoms with E-state index in [2.05, 4.69) is 23.5 Å². The Bertz CT molecular complexity index is 1650. The van der Waals surface area contributed by atoms with Crippen LogP contribution in [-0.4, -0.2) is 79.3 Å². The lowest BCUT2D eigenvalue weighted by Crippen LogP contribution is -2.38. The first-order chi connectivity index (χ1) is 19.0. The van der Waals surface area contributed by atoms with Crippen molar-refractivity contribution in [3.63, 3.8) is 0 Å². The molecule has 6 atom stereocenters. The van der Waals surface area contributed by atoms with Gasteiger partial charge in [0, 0.05) is 6.20 Å². The van der Waals surface area contributed by atoms with Crippen LogP contribution in [0.2, 0.25) is 0 Å². The fraction of sp³-hybridized carbons (Fsp3) is 0.333. The molecule has 0 spiro atoms. The summed E-state index contributed by atoms with van der Waals surface area (Å²) in [5.41, 5.74) is -1.14. The second kappa shape index (κ2) is 11.9. The first-order valence-electron chi connectivity index (χ1n) is 11.1. The van der Waals surface area contributed by atoms with Crippen molar-refractivity contribution < 1.29 is 61.4 Å². The number of hydrogen-bond donors (Lipinski definition) is 7. The fourth-order valence-corrected chi connectivity index (χ4v) is 6.72. The number of ether oxygens (including phenoxy) is 1. The topological polar surface area (TPSA) is 295 Å². The van der Waals surface area contributed by atoms with Crippen molar-refractivity contribution in [2.24, 2.45) is 0 Å². The van der Waals surface area contributed by atoms with Gasteiger partial charge in [0.25, 0.3) is 5.56 Å². The zero-order valence-corrected chi connectivity index (χ0v) is 22.9. The molecule has 7 N–H and O–H groups in total. The van der Waals surface area contributed by atoms with Crippen molar-refractivity contribution in [1.82, 2.24) is 24.5 Å². The molecule has 1 fully saturated rings. The highest BCUT2D eigenvalue weighted by Crippen LogP contribution is 2.66. The summed E-state index contributed by atoms with van der Waals surface area (Å²) in [7, 11) is -17.0. The minimum atomic E-state index is -5.79. The molecule has 2 aromatic heterocycles. The van der Waals surface area contributed by atoms with E-state index in [1.807, 2.05) is 35.3 Å². The highest BCUT2D eigenvalue weighted by molar-refractivity contribution is 7.66. The largest absolute Gasteiger partial charge is 0.490 e. The van der Waals surface area contributed by atoms with Crippen LogP contribution in [0, 0.1) is 0 Å². The molecule has 0 amide bonds. The Morgan fingerprint density at radius 1 is 0.951 bits per heavy atom. The minimum Gasteiger partial charge on any atom is -0.387 e. The van der Waals surface area contributed by atoms with Crippen LogP contribution in [-0.2, 0) is 38.1 Å². The Hall–Kier alpha value is -2.67. The second-order valence-electron chi connectivity index (χ2n) is 8.43. The predicted molar refractivity (Wildman–Crippen MR) is 132 cm³/mol. The van der Waals surface area contributed by atoms with E-state index in [9.17, 15) is 43.3 Å². The average Bonchev–Trinajstić information content (AvgIpc) is 3.41. The third kappa shape index (κ3) is 8.00. The van der Waals surface area contributed by atoms with Gasteiger partial charge in [0.2, 0.25) is 0 Å². The number of aromatic nitrogens is 5.